The highest BCUT2D eigenvalue weighted by Gasteiger charge is 2.21. The number of aromatic nitrogens is 1. The van der Waals surface area contributed by atoms with Gasteiger partial charge in [0, 0.05) is 44.3 Å². The number of carbonyl (C=O) groups excluding carboxylic acids is 1. The Balaban J connectivity index is 1.67. The second-order valence-electron chi connectivity index (χ2n) is 5.56. The Labute approximate surface area is 125 Å². The lowest BCUT2D eigenvalue weighted by molar-refractivity contribution is 0.194. The molecule has 1 aliphatic heterocycles. The van der Waals surface area contributed by atoms with Crippen LogP contribution in [0.4, 0.5) is 9.93 Å². The molecule has 0 aromatic carbocycles. The molecule has 0 aliphatic carbocycles. The smallest absolute Gasteiger partial charge is 0.317 e. The predicted octanol–water partition coefficient (Wildman–Crippen LogP) is 2.41. The van der Waals surface area contributed by atoms with Crippen molar-refractivity contribution in [3.63, 3.8) is 0 Å². The number of rotatable bonds is 5. The maximum absolute atomic E-state index is 12.0. The van der Waals surface area contributed by atoms with Gasteiger partial charge in [0.1, 0.15) is 0 Å². The minimum Gasteiger partial charge on any atom is -0.345 e. The van der Waals surface area contributed by atoms with Crippen LogP contribution in [0.15, 0.2) is 11.6 Å². The van der Waals surface area contributed by atoms with Gasteiger partial charge < -0.3 is 15.1 Å². The molecule has 6 heteroatoms. The number of thiazole rings is 1. The first-order chi connectivity index (χ1) is 9.66. The van der Waals surface area contributed by atoms with Crippen LogP contribution < -0.4 is 10.2 Å². The van der Waals surface area contributed by atoms with Crippen LogP contribution in [0.1, 0.15) is 26.7 Å². The minimum absolute atomic E-state index is 0.0764. The van der Waals surface area contributed by atoms with Gasteiger partial charge >= 0.3 is 6.03 Å². The van der Waals surface area contributed by atoms with Crippen molar-refractivity contribution in [1.29, 1.82) is 0 Å². The van der Waals surface area contributed by atoms with Gasteiger partial charge in [-0.2, -0.15) is 0 Å². The van der Waals surface area contributed by atoms with E-state index in [2.05, 4.69) is 29.0 Å². The lowest BCUT2D eigenvalue weighted by atomic mass is 10.1. The Morgan fingerprint density at radius 2 is 2.15 bits per heavy atom. The van der Waals surface area contributed by atoms with Crippen LogP contribution in [0.25, 0.3) is 0 Å². The molecule has 2 rings (SSSR count). The van der Waals surface area contributed by atoms with Gasteiger partial charge in [0.05, 0.1) is 0 Å². The summed E-state index contributed by atoms with van der Waals surface area (Å²) in [5.74, 6) is 0.703. The Bertz CT molecular complexity index is 399. The third-order valence-electron chi connectivity index (χ3n) is 3.49. The van der Waals surface area contributed by atoms with Crippen molar-refractivity contribution in [2.24, 2.45) is 5.92 Å². The molecule has 2 heterocycles. The fraction of sp³-hybridized carbons (Fsp3) is 0.714. The summed E-state index contributed by atoms with van der Waals surface area (Å²) in [5.41, 5.74) is 0. The fourth-order valence-corrected chi connectivity index (χ4v) is 2.99. The SMILES string of the molecule is CC(C)CCCNC(=O)N1CCN(c2nccs2)CC1. The molecule has 1 aliphatic rings. The van der Waals surface area contributed by atoms with E-state index in [1.807, 2.05) is 16.5 Å². The predicted molar refractivity (Wildman–Crippen MR) is 83.4 cm³/mol. The highest BCUT2D eigenvalue weighted by molar-refractivity contribution is 7.13. The van der Waals surface area contributed by atoms with Gasteiger partial charge in [-0.1, -0.05) is 13.8 Å². The van der Waals surface area contributed by atoms with E-state index in [1.165, 1.54) is 0 Å². The van der Waals surface area contributed by atoms with Crippen LogP contribution in [-0.2, 0) is 0 Å². The minimum atomic E-state index is 0.0764. The average molecular weight is 296 g/mol. The molecule has 0 unspecified atom stereocenters. The molecular weight excluding hydrogens is 272 g/mol. The largest absolute Gasteiger partial charge is 0.345 e. The monoisotopic (exact) mass is 296 g/mol. The molecule has 0 spiro atoms. The Hall–Kier alpha value is -1.30. The highest BCUT2D eigenvalue weighted by atomic mass is 32.1. The Kier molecular flexibility index (Phi) is 5.64. The second kappa shape index (κ2) is 7.47. The van der Waals surface area contributed by atoms with Crippen LogP contribution >= 0.6 is 11.3 Å². The van der Waals surface area contributed by atoms with E-state index in [0.29, 0.717) is 5.92 Å². The first-order valence-electron chi connectivity index (χ1n) is 7.34. The number of carbonyl (C=O) groups is 1. The summed E-state index contributed by atoms with van der Waals surface area (Å²) in [5, 5.41) is 6.06. The van der Waals surface area contributed by atoms with Crippen molar-refractivity contribution < 1.29 is 4.79 Å². The molecule has 0 atom stereocenters. The Morgan fingerprint density at radius 3 is 2.75 bits per heavy atom. The lowest BCUT2D eigenvalue weighted by Gasteiger charge is -2.34. The lowest BCUT2D eigenvalue weighted by Crippen LogP contribution is -2.52. The first-order valence-corrected chi connectivity index (χ1v) is 8.22. The van der Waals surface area contributed by atoms with Crippen molar-refractivity contribution in [3.05, 3.63) is 11.6 Å². The third kappa shape index (κ3) is 4.37. The number of piperazine rings is 1. The summed E-state index contributed by atoms with van der Waals surface area (Å²) in [6.07, 6.45) is 4.05. The van der Waals surface area contributed by atoms with Gasteiger partial charge in [0.15, 0.2) is 5.13 Å². The summed E-state index contributed by atoms with van der Waals surface area (Å²) < 4.78 is 0. The maximum atomic E-state index is 12.0. The van der Waals surface area contributed by atoms with E-state index in [4.69, 9.17) is 0 Å². The summed E-state index contributed by atoms with van der Waals surface area (Å²) in [4.78, 5) is 20.5. The zero-order valence-electron chi connectivity index (χ0n) is 12.3. The maximum Gasteiger partial charge on any atom is 0.317 e. The summed E-state index contributed by atoms with van der Waals surface area (Å²) >= 11 is 1.65. The summed E-state index contributed by atoms with van der Waals surface area (Å²) in [7, 11) is 0. The van der Waals surface area contributed by atoms with E-state index in [1.54, 1.807) is 11.3 Å². The van der Waals surface area contributed by atoms with E-state index < -0.39 is 0 Å². The normalized spacial score (nSPS) is 15.8. The number of hydrogen-bond acceptors (Lipinski definition) is 4. The molecule has 0 radical (unpaired) electrons. The number of amides is 2. The molecule has 5 nitrogen and oxygen atoms in total. The highest BCUT2D eigenvalue weighted by Crippen LogP contribution is 2.18. The molecule has 1 fully saturated rings. The van der Waals surface area contributed by atoms with Gasteiger partial charge in [-0.3, -0.25) is 0 Å². The molecule has 1 aromatic heterocycles. The van der Waals surface area contributed by atoms with Crippen molar-refractivity contribution in [2.45, 2.75) is 26.7 Å². The molecule has 112 valence electrons. The molecule has 2 amide bonds. The molecule has 1 saturated heterocycles. The molecule has 1 aromatic rings. The van der Waals surface area contributed by atoms with E-state index in [0.717, 1.165) is 50.7 Å². The molecule has 20 heavy (non-hydrogen) atoms. The first kappa shape index (κ1) is 15.1. The number of urea groups is 1. The number of nitrogens with zero attached hydrogens (tertiary/aromatic N) is 3. The van der Waals surface area contributed by atoms with Crippen LogP contribution in [0.2, 0.25) is 0 Å². The molecule has 0 bridgehead atoms. The van der Waals surface area contributed by atoms with Crippen LogP contribution in [0, 0.1) is 5.92 Å². The van der Waals surface area contributed by atoms with Crippen molar-refractivity contribution in [1.82, 2.24) is 15.2 Å². The van der Waals surface area contributed by atoms with E-state index >= 15 is 0 Å². The average Bonchev–Trinajstić information content (AvgIpc) is 2.97. The Morgan fingerprint density at radius 1 is 1.40 bits per heavy atom. The van der Waals surface area contributed by atoms with E-state index in [-0.39, 0.29) is 6.03 Å². The van der Waals surface area contributed by atoms with Crippen LogP contribution in [0.5, 0.6) is 0 Å². The van der Waals surface area contributed by atoms with Crippen molar-refractivity contribution in [2.75, 3.05) is 37.6 Å². The van der Waals surface area contributed by atoms with Gasteiger partial charge in [0.2, 0.25) is 0 Å². The molecule has 1 N–H and O–H groups in total. The molecule has 0 saturated carbocycles. The zero-order valence-corrected chi connectivity index (χ0v) is 13.2. The topological polar surface area (TPSA) is 48.5 Å². The summed E-state index contributed by atoms with van der Waals surface area (Å²) in [6, 6.07) is 0.0764. The van der Waals surface area contributed by atoms with Crippen molar-refractivity contribution >= 4 is 22.5 Å². The van der Waals surface area contributed by atoms with Gasteiger partial charge in [-0.25, -0.2) is 9.78 Å². The molecular formula is C14H24N4OS. The number of anilines is 1. The second-order valence-corrected chi connectivity index (χ2v) is 6.43. The van der Waals surface area contributed by atoms with Crippen LogP contribution in [0.3, 0.4) is 0 Å². The number of nitrogens with one attached hydrogen (secondary N) is 1. The fourth-order valence-electron chi connectivity index (χ4n) is 2.29. The third-order valence-corrected chi connectivity index (χ3v) is 4.32. The van der Waals surface area contributed by atoms with E-state index in [9.17, 15) is 4.79 Å². The summed E-state index contributed by atoms with van der Waals surface area (Å²) in [6.45, 7) is 8.48. The van der Waals surface area contributed by atoms with Crippen molar-refractivity contribution in [3.8, 4) is 0 Å². The van der Waals surface area contributed by atoms with Gasteiger partial charge in [-0.05, 0) is 18.8 Å². The number of hydrogen-bond donors (Lipinski definition) is 1. The van der Waals surface area contributed by atoms with Crippen LogP contribution in [-0.4, -0.2) is 48.6 Å². The standard InChI is InChI=1S/C14H24N4OS/c1-12(2)4-3-5-15-13(19)17-7-9-18(10-8-17)14-16-6-11-20-14/h6,11-12H,3-5,7-10H2,1-2H3,(H,15,19). The van der Waals surface area contributed by atoms with Gasteiger partial charge in [0.25, 0.3) is 0 Å². The zero-order chi connectivity index (χ0) is 14.4. The van der Waals surface area contributed by atoms with Gasteiger partial charge in [-0.15, -0.1) is 11.3 Å². The quantitative estimate of drug-likeness (QED) is 0.849.